The molecule has 0 heterocycles. The predicted molar refractivity (Wildman–Crippen MR) is 94.7 cm³/mol. The molecule has 0 radical (unpaired) electrons. The van der Waals surface area contributed by atoms with Crippen LogP contribution in [-0.4, -0.2) is 49.3 Å². The van der Waals surface area contributed by atoms with E-state index in [0.717, 1.165) is 5.56 Å². The third kappa shape index (κ3) is 6.13. The summed E-state index contributed by atoms with van der Waals surface area (Å²) in [5.74, 6) is -1.81. The van der Waals surface area contributed by atoms with Gasteiger partial charge in [-0.15, -0.1) is 0 Å². The van der Waals surface area contributed by atoms with E-state index in [1.807, 2.05) is 0 Å². The molecule has 140 valence electrons. The third-order valence-corrected chi connectivity index (χ3v) is 6.00. The first-order valence-electron chi connectivity index (χ1n) is 8.30. The zero-order valence-corrected chi connectivity index (χ0v) is 15.7. The Kier molecular flexibility index (Phi) is 8.05. The van der Waals surface area contributed by atoms with Gasteiger partial charge in [-0.1, -0.05) is 32.9 Å². The second-order valence-corrected chi connectivity index (χ2v) is 7.71. The van der Waals surface area contributed by atoms with E-state index >= 15 is 0 Å². The Bertz CT molecular complexity index is 681. The molecule has 0 saturated carbocycles. The molecule has 0 aromatic heterocycles. The number of aryl methyl sites for hydroxylation is 1. The third-order valence-electron chi connectivity index (χ3n) is 3.93. The number of sulfonamides is 1. The van der Waals surface area contributed by atoms with Crippen LogP contribution in [0.25, 0.3) is 0 Å². The van der Waals surface area contributed by atoms with Crippen LogP contribution in [0.1, 0.15) is 32.8 Å². The van der Waals surface area contributed by atoms with Crippen LogP contribution in [0.2, 0.25) is 0 Å². The Hall–Kier alpha value is -1.93. The minimum atomic E-state index is -3.48. The standard InChI is InChI=1S/C17H26N2O5S/c1-4-19(5-2)25(23,24)15-9-6-14(7-10-15)8-11-16(20)18-12-13(3)17(21)22/h6-7,9-10,13H,4-5,8,11-12H2,1-3H3,(H,18,20)(H,21,22). The summed E-state index contributed by atoms with van der Waals surface area (Å²) in [4.78, 5) is 22.7. The molecule has 0 aliphatic rings. The molecule has 1 amide bonds. The van der Waals surface area contributed by atoms with E-state index in [-0.39, 0.29) is 23.8 Å². The normalized spacial score (nSPS) is 12.8. The van der Waals surface area contributed by atoms with Crippen LogP contribution < -0.4 is 5.32 Å². The maximum absolute atomic E-state index is 12.4. The van der Waals surface area contributed by atoms with Gasteiger partial charge in [0.1, 0.15) is 0 Å². The van der Waals surface area contributed by atoms with Crippen LogP contribution in [-0.2, 0) is 26.0 Å². The maximum Gasteiger partial charge on any atom is 0.308 e. The van der Waals surface area contributed by atoms with E-state index in [1.165, 1.54) is 11.2 Å². The number of amides is 1. The van der Waals surface area contributed by atoms with E-state index in [0.29, 0.717) is 19.5 Å². The first-order chi connectivity index (χ1) is 11.7. The Morgan fingerprint density at radius 1 is 1.16 bits per heavy atom. The molecule has 0 aliphatic carbocycles. The van der Waals surface area contributed by atoms with Crippen molar-refractivity contribution in [3.63, 3.8) is 0 Å². The molecule has 0 spiro atoms. The first kappa shape index (κ1) is 21.1. The van der Waals surface area contributed by atoms with E-state index < -0.39 is 21.9 Å². The van der Waals surface area contributed by atoms with Crippen molar-refractivity contribution < 1.29 is 23.1 Å². The van der Waals surface area contributed by atoms with Gasteiger partial charge in [-0.25, -0.2) is 8.42 Å². The van der Waals surface area contributed by atoms with Crippen LogP contribution in [0.15, 0.2) is 29.2 Å². The Morgan fingerprint density at radius 2 is 1.72 bits per heavy atom. The lowest BCUT2D eigenvalue weighted by atomic mass is 10.1. The van der Waals surface area contributed by atoms with Gasteiger partial charge in [-0.3, -0.25) is 9.59 Å². The fourth-order valence-corrected chi connectivity index (χ4v) is 3.70. The number of nitrogens with zero attached hydrogens (tertiary/aromatic N) is 1. The van der Waals surface area contributed by atoms with Gasteiger partial charge in [0.15, 0.2) is 0 Å². The topological polar surface area (TPSA) is 104 Å². The lowest BCUT2D eigenvalue weighted by Gasteiger charge is -2.18. The number of rotatable bonds is 10. The molecule has 2 N–H and O–H groups in total. The van der Waals surface area contributed by atoms with E-state index in [9.17, 15) is 18.0 Å². The Morgan fingerprint density at radius 3 is 2.20 bits per heavy atom. The molecule has 0 bridgehead atoms. The second-order valence-electron chi connectivity index (χ2n) is 5.78. The van der Waals surface area contributed by atoms with Crippen molar-refractivity contribution >= 4 is 21.9 Å². The number of hydrogen-bond acceptors (Lipinski definition) is 4. The van der Waals surface area contributed by atoms with Gasteiger partial charge >= 0.3 is 5.97 Å². The molecule has 1 unspecified atom stereocenters. The Balaban J connectivity index is 2.60. The van der Waals surface area contributed by atoms with Crippen molar-refractivity contribution in [2.45, 2.75) is 38.5 Å². The number of carboxylic acid groups (broad SMARTS) is 1. The van der Waals surface area contributed by atoms with E-state index in [2.05, 4.69) is 5.32 Å². The summed E-state index contributed by atoms with van der Waals surface area (Å²) in [6.45, 7) is 6.02. The molecular formula is C17H26N2O5S. The molecule has 1 atom stereocenters. The molecule has 8 heteroatoms. The summed E-state index contributed by atoms with van der Waals surface area (Å²) in [7, 11) is -3.48. The summed E-state index contributed by atoms with van der Waals surface area (Å²) in [5.41, 5.74) is 0.847. The van der Waals surface area contributed by atoms with Crippen LogP contribution in [0.5, 0.6) is 0 Å². The molecule has 0 saturated heterocycles. The molecule has 1 aromatic carbocycles. The number of carbonyl (C=O) groups excluding carboxylic acids is 1. The molecule has 1 aromatic rings. The highest BCUT2D eigenvalue weighted by molar-refractivity contribution is 7.89. The summed E-state index contributed by atoms with van der Waals surface area (Å²) in [6.07, 6.45) is 0.674. The average molecular weight is 370 g/mol. The quantitative estimate of drug-likeness (QED) is 0.649. The second kappa shape index (κ2) is 9.53. The summed E-state index contributed by atoms with van der Waals surface area (Å²) < 4.78 is 26.2. The zero-order valence-electron chi connectivity index (χ0n) is 14.9. The van der Waals surface area contributed by atoms with E-state index in [1.54, 1.807) is 38.1 Å². The fraction of sp³-hybridized carbons (Fsp3) is 0.529. The predicted octanol–water partition coefficient (Wildman–Crippen LogP) is 1.49. The van der Waals surface area contributed by atoms with Gasteiger partial charge < -0.3 is 10.4 Å². The van der Waals surface area contributed by atoms with Crippen molar-refractivity contribution in [1.29, 1.82) is 0 Å². The minimum Gasteiger partial charge on any atom is -0.481 e. The Labute approximate surface area is 149 Å². The molecular weight excluding hydrogens is 344 g/mol. The van der Waals surface area contributed by atoms with Gasteiger partial charge in [0, 0.05) is 26.1 Å². The van der Waals surface area contributed by atoms with Gasteiger partial charge in [0.25, 0.3) is 0 Å². The first-order valence-corrected chi connectivity index (χ1v) is 9.74. The highest BCUT2D eigenvalue weighted by Gasteiger charge is 2.21. The monoisotopic (exact) mass is 370 g/mol. The lowest BCUT2D eigenvalue weighted by Crippen LogP contribution is -2.31. The highest BCUT2D eigenvalue weighted by atomic mass is 32.2. The largest absolute Gasteiger partial charge is 0.481 e. The number of carbonyl (C=O) groups is 2. The summed E-state index contributed by atoms with van der Waals surface area (Å²) >= 11 is 0. The average Bonchev–Trinajstić information content (AvgIpc) is 2.58. The highest BCUT2D eigenvalue weighted by Crippen LogP contribution is 2.16. The molecule has 7 nitrogen and oxygen atoms in total. The minimum absolute atomic E-state index is 0.0925. The smallest absolute Gasteiger partial charge is 0.308 e. The van der Waals surface area contributed by atoms with Gasteiger partial charge in [0.05, 0.1) is 10.8 Å². The SMILES string of the molecule is CCN(CC)S(=O)(=O)c1ccc(CCC(=O)NCC(C)C(=O)O)cc1. The zero-order chi connectivity index (χ0) is 19.0. The van der Waals surface area contributed by atoms with Crippen LogP contribution in [0.4, 0.5) is 0 Å². The maximum atomic E-state index is 12.4. The van der Waals surface area contributed by atoms with Crippen molar-refractivity contribution in [2.75, 3.05) is 19.6 Å². The number of aliphatic carboxylic acids is 1. The van der Waals surface area contributed by atoms with E-state index in [4.69, 9.17) is 5.11 Å². The van der Waals surface area contributed by atoms with Crippen molar-refractivity contribution in [3.05, 3.63) is 29.8 Å². The fourth-order valence-electron chi connectivity index (χ4n) is 2.24. The van der Waals surface area contributed by atoms with Gasteiger partial charge in [-0.05, 0) is 24.1 Å². The van der Waals surface area contributed by atoms with Crippen molar-refractivity contribution in [1.82, 2.24) is 9.62 Å². The van der Waals surface area contributed by atoms with Crippen LogP contribution in [0, 0.1) is 5.92 Å². The lowest BCUT2D eigenvalue weighted by molar-refractivity contribution is -0.141. The number of carboxylic acids is 1. The van der Waals surface area contributed by atoms with Gasteiger partial charge in [0.2, 0.25) is 15.9 Å². The van der Waals surface area contributed by atoms with Crippen molar-refractivity contribution in [2.24, 2.45) is 5.92 Å². The molecule has 25 heavy (non-hydrogen) atoms. The van der Waals surface area contributed by atoms with Crippen LogP contribution >= 0.6 is 0 Å². The number of hydrogen-bond donors (Lipinski definition) is 2. The molecule has 1 rings (SSSR count). The number of nitrogens with one attached hydrogen (secondary N) is 1. The molecule has 0 fully saturated rings. The molecule has 0 aliphatic heterocycles. The van der Waals surface area contributed by atoms with Gasteiger partial charge in [-0.2, -0.15) is 4.31 Å². The summed E-state index contributed by atoms with van der Waals surface area (Å²) in [6, 6.07) is 6.49. The van der Waals surface area contributed by atoms with Crippen LogP contribution in [0.3, 0.4) is 0 Å². The van der Waals surface area contributed by atoms with Crippen molar-refractivity contribution in [3.8, 4) is 0 Å². The number of benzene rings is 1. The summed E-state index contributed by atoms with van der Waals surface area (Å²) in [5, 5.41) is 11.3.